The van der Waals surface area contributed by atoms with Crippen LogP contribution in [0.3, 0.4) is 0 Å². The van der Waals surface area contributed by atoms with Gasteiger partial charge in [-0.25, -0.2) is 0 Å². The van der Waals surface area contributed by atoms with Crippen LogP contribution in [0.15, 0.2) is 42.8 Å². The van der Waals surface area contributed by atoms with E-state index in [1.165, 1.54) is 5.70 Å². The first-order valence-electron chi connectivity index (χ1n) is 15.1. The normalized spacial score (nSPS) is 27.1. The average molecular weight is 560 g/mol. The van der Waals surface area contributed by atoms with Crippen molar-refractivity contribution in [3.05, 3.63) is 59.4 Å². The number of amidine groups is 1. The zero-order valence-electron chi connectivity index (χ0n) is 25.5. The van der Waals surface area contributed by atoms with Gasteiger partial charge in [-0.1, -0.05) is 19.2 Å². The third kappa shape index (κ3) is 6.01. The van der Waals surface area contributed by atoms with E-state index < -0.39 is 5.41 Å². The van der Waals surface area contributed by atoms with Gasteiger partial charge in [-0.2, -0.15) is 5.26 Å². The Morgan fingerprint density at radius 3 is 2.61 bits per heavy atom. The van der Waals surface area contributed by atoms with Crippen LogP contribution < -0.4 is 11.1 Å². The maximum absolute atomic E-state index is 12.9. The number of fused-ring (bicyclic) bond motifs is 2. The van der Waals surface area contributed by atoms with E-state index in [9.17, 15) is 10.1 Å². The zero-order chi connectivity index (χ0) is 29.9. The molecule has 1 aromatic rings. The van der Waals surface area contributed by atoms with Gasteiger partial charge in [-0.15, -0.1) is 0 Å². The lowest BCUT2D eigenvalue weighted by atomic mass is 9.57. The van der Waals surface area contributed by atoms with Gasteiger partial charge in [0.1, 0.15) is 11.9 Å². The van der Waals surface area contributed by atoms with Crippen molar-refractivity contribution in [2.45, 2.75) is 62.8 Å². The summed E-state index contributed by atoms with van der Waals surface area (Å²) in [4.78, 5) is 18.7. The molecule has 1 heterocycles. The van der Waals surface area contributed by atoms with Crippen LogP contribution in [-0.2, 0) is 11.8 Å². The Morgan fingerprint density at radius 2 is 1.95 bits per heavy atom. The van der Waals surface area contributed by atoms with E-state index in [0.29, 0.717) is 36.9 Å². The standard InChI is InChI=1S/C33H49N7O/c1-22(40-17-7-8-28(40)20-34)21-37-16-15-33(32(35)36)29-13-11-24(23(2)38(3)4)18-25(29)9-10-26-19-27(12-14-30(26)33)31(41)39(5)6/h12,14,19,24-25,28-29,37H,1-2,7-11,13,15-18,21H2,3-6H3,(H3,35,36)/t24?,25-,28?,29?,33?/m0/s1. The minimum absolute atomic E-state index is 0.0111. The Balaban J connectivity index is 1.64. The Kier molecular flexibility index (Phi) is 9.48. The summed E-state index contributed by atoms with van der Waals surface area (Å²) in [6.07, 6.45) is 7.56. The van der Waals surface area contributed by atoms with E-state index >= 15 is 0 Å². The molecule has 1 amide bonds. The van der Waals surface area contributed by atoms with Gasteiger partial charge in [0.25, 0.3) is 5.91 Å². The van der Waals surface area contributed by atoms with Crippen LogP contribution in [0.2, 0.25) is 0 Å². The summed E-state index contributed by atoms with van der Waals surface area (Å²) in [6.45, 7) is 10.8. The van der Waals surface area contributed by atoms with Crippen LogP contribution in [-0.4, -0.2) is 80.3 Å². The van der Waals surface area contributed by atoms with Crippen LogP contribution in [0.4, 0.5) is 0 Å². The number of amides is 1. The molecule has 2 aliphatic carbocycles. The summed E-state index contributed by atoms with van der Waals surface area (Å²) in [7, 11) is 7.70. The number of hydrogen-bond acceptors (Lipinski definition) is 6. The Morgan fingerprint density at radius 1 is 1.20 bits per heavy atom. The molecule has 1 aliphatic heterocycles. The van der Waals surface area contributed by atoms with Gasteiger partial charge in [-0.05, 0) is 98.9 Å². The summed E-state index contributed by atoms with van der Waals surface area (Å²) in [5.74, 6) is 1.29. The van der Waals surface area contributed by atoms with Crippen molar-refractivity contribution >= 4 is 11.7 Å². The molecule has 8 nitrogen and oxygen atoms in total. The lowest BCUT2D eigenvalue weighted by Gasteiger charge is -2.48. The van der Waals surface area contributed by atoms with Crippen LogP contribution in [0.1, 0.15) is 66.4 Å². The zero-order valence-corrected chi connectivity index (χ0v) is 25.5. The summed E-state index contributed by atoms with van der Waals surface area (Å²) < 4.78 is 0. The van der Waals surface area contributed by atoms with Gasteiger partial charge in [0.15, 0.2) is 0 Å². The SMILES string of the molecule is C=C(C1CCC2[C@@H](CCc3cc(C(=O)N(C)C)ccc3C2(CCNCC(=C)N2CCCC2C#N)C(=N)N)C1)N(C)C. The average Bonchev–Trinajstić information content (AvgIpc) is 3.39. The predicted molar refractivity (Wildman–Crippen MR) is 165 cm³/mol. The summed E-state index contributed by atoms with van der Waals surface area (Å²) in [5.41, 5.74) is 11.1. The van der Waals surface area contributed by atoms with Crippen molar-refractivity contribution in [1.29, 1.82) is 10.7 Å². The first kappa shape index (κ1) is 30.6. The highest BCUT2D eigenvalue weighted by Crippen LogP contribution is 2.53. The van der Waals surface area contributed by atoms with Crippen molar-refractivity contribution in [3.63, 3.8) is 0 Å². The molecule has 5 atom stereocenters. The van der Waals surface area contributed by atoms with Gasteiger partial charge in [-0.3, -0.25) is 10.2 Å². The van der Waals surface area contributed by atoms with E-state index in [-0.39, 0.29) is 23.7 Å². The second-order valence-corrected chi connectivity index (χ2v) is 12.7. The van der Waals surface area contributed by atoms with Crippen molar-refractivity contribution in [1.82, 2.24) is 20.0 Å². The molecule has 1 aromatic carbocycles. The fraction of sp³-hybridized carbons (Fsp3) is 0.606. The molecule has 1 saturated carbocycles. The number of carbonyl (C=O) groups is 1. The molecule has 4 N–H and O–H groups in total. The largest absolute Gasteiger partial charge is 0.387 e. The van der Waals surface area contributed by atoms with E-state index in [1.807, 2.05) is 12.1 Å². The smallest absolute Gasteiger partial charge is 0.253 e. The molecule has 8 heteroatoms. The van der Waals surface area contributed by atoms with Gasteiger partial charge in [0, 0.05) is 58.2 Å². The second-order valence-electron chi connectivity index (χ2n) is 12.7. The highest BCUT2D eigenvalue weighted by atomic mass is 16.2. The molecule has 222 valence electrons. The number of nitriles is 1. The van der Waals surface area contributed by atoms with E-state index in [0.717, 1.165) is 68.3 Å². The number of nitrogens with two attached hydrogens (primary N) is 1. The van der Waals surface area contributed by atoms with E-state index in [2.05, 4.69) is 54.5 Å². The second kappa shape index (κ2) is 12.7. The maximum Gasteiger partial charge on any atom is 0.253 e. The third-order valence-corrected chi connectivity index (χ3v) is 10.00. The van der Waals surface area contributed by atoms with Crippen molar-refractivity contribution in [2.75, 3.05) is 47.8 Å². The lowest BCUT2D eigenvalue weighted by molar-refractivity contribution is 0.0827. The molecule has 4 unspecified atom stereocenters. The molecule has 1 saturated heterocycles. The minimum Gasteiger partial charge on any atom is -0.387 e. The highest BCUT2D eigenvalue weighted by molar-refractivity contribution is 5.95. The summed E-state index contributed by atoms with van der Waals surface area (Å²) in [5, 5.41) is 22.2. The molecule has 0 aromatic heterocycles. The fourth-order valence-corrected chi connectivity index (χ4v) is 7.77. The number of aryl methyl sites for hydroxylation is 1. The Hall–Kier alpha value is -3.31. The van der Waals surface area contributed by atoms with Crippen molar-refractivity contribution in [3.8, 4) is 6.07 Å². The number of allylic oxidation sites excluding steroid dienone is 1. The molecule has 3 aliphatic rings. The minimum atomic E-state index is -0.613. The van der Waals surface area contributed by atoms with Crippen LogP contribution in [0.5, 0.6) is 0 Å². The molecular weight excluding hydrogens is 510 g/mol. The number of nitrogens with zero attached hydrogens (tertiary/aromatic N) is 4. The van der Waals surface area contributed by atoms with E-state index in [4.69, 9.17) is 11.1 Å². The first-order chi connectivity index (χ1) is 19.5. The van der Waals surface area contributed by atoms with E-state index in [1.54, 1.807) is 19.0 Å². The molecule has 0 bridgehead atoms. The summed E-state index contributed by atoms with van der Waals surface area (Å²) in [6, 6.07) is 8.37. The van der Waals surface area contributed by atoms with Gasteiger partial charge >= 0.3 is 0 Å². The van der Waals surface area contributed by atoms with Crippen LogP contribution in [0, 0.1) is 34.5 Å². The van der Waals surface area contributed by atoms with Crippen LogP contribution in [0.25, 0.3) is 0 Å². The number of benzene rings is 1. The number of nitrogens with one attached hydrogen (secondary N) is 2. The molecule has 0 radical (unpaired) electrons. The number of carbonyl (C=O) groups excluding carboxylic acids is 1. The number of likely N-dealkylation sites (tertiary alicyclic amines) is 1. The molecule has 41 heavy (non-hydrogen) atoms. The number of hydrogen-bond donors (Lipinski definition) is 3. The quantitative estimate of drug-likeness (QED) is 0.226. The van der Waals surface area contributed by atoms with Crippen molar-refractivity contribution in [2.24, 2.45) is 23.5 Å². The Labute approximate surface area is 246 Å². The molecule has 0 spiro atoms. The summed E-state index contributed by atoms with van der Waals surface area (Å²) >= 11 is 0. The topological polar surface area (TPSA) is 112 Å². The maximum atomic E-state index is 12.9. The lowest BCUT2D eigenvalue weighted by Crippen LogP contribution is -2.52. The number of rotatable bonds is 10. The van der Waals surface area contributed by atoms with Gasteiger partial charge in [0.2, 0.25) is 0 Å². The monoisotopic (exact) mass is 559 g/mol. The first-order valence-corrected chi connectivity index (χ1v) is 15.1. The third-order valence-electron chi connectivity index (χ3n) is 10.00. The van der Waals surface area contributed by atoms with Gasteiger partial charge < -0.3 is 25.8 Å². The predicted octanol–water partition coefficient (Wildman–Crippen LogP) is 4.10. The van der Waals surface area contributed by atoms with Crippen molar-refractivity contribution < 1.29 is 4.79 Å². The highest BCUT2D eigenvalue weighted by Gasteiger charge is 2.51. The van der Waals surface area contributed by atoms with Crippen LogP contribution >= 0.6 is 0 Å². The fourth-order valence-electron chi connectivity index (χ4n) is 7.77. The molecular formula is C33H49N7O. The molecule has 2 fully saturated rings. The molecule has 4 rings (SSSR count). The van der Waals surface area contributed by atoms with Gasteiger partial charge in [0.05, 0.1) is 11.5 Å². The Bertz CT molecular complexity index is 1210.